The molecular weight excluding hydrogens is 198 g/mol. The second kappa shape index (κ2) is 7.14. The van der Waals surface area contributed by atoms with Crippen LogP contribution in [-0.4, -0.2) is 36.6 Å². The summed E-state index contributed by atoms with van der Waals surface area (Å²) in [6.45, 7) is 9.88. The highest BCUT2D eigenvalue weighted by atomic mass is 15.1. The van der Waals surface area contributed by atoms with E-state index in [0.717, 1.165) is 26.2 Å². The number of nitrogens with one attached hydrogen (secondary N) is 1. The van der Waals surface area contributed by atoms with E-state index in [1.54, 1.807) is 6.20 Å². The third kappa shape index (κ3) is 5.05. The fourth-order valence-corrected chi connectivity index (χ4v) is 1.60. The van der Waals surface area contributed by atoms with Crippen LogP contribution in [0.25, 0.3) is 0 Å². The van der Waals surface area contributed by atoms with E-state index in [2.05, 4.69) is 41.8 Å². The Hall–Kier alpha value is -1.19. The molecule has 0 spiro atoms. The van der Waals surface area contributed by atoms with Crippen molar-refractivity contribution in [1.29, 1.82) is 0 Å². The van der Waals surface area contributed by atoms with Gasteiger partial charge in [-0.2, -0.15) is 0 Å². The maximum atomic E-state index is 4.11. The smallest absolute Gasteiger partial charge is 0.0312 e. The first-order chi connectivity index (χ1) is 7.72. The molecule has 88 valence electrons. The van der Waals surface area contributed by atoms with Gasteiger partial charge in [0, 0.05) is 32.0 Å². The Morgan fingerprint density at radius 1 is 1.56 bits per heavy atom. The lowest BCUT2D eigenvalue weighted by molar-refractivity contribution is 0.352. The number of nitrogens with zero attached hydrogens (tertiary/aromatic N) is 2. The fraction of sp³-hybridized carbons (Fsp3) is 0.462. The first-order valence-electron chi connectivity index (χ1n) is 5.67. The highest BCUT2D eigenvalue weighted by molar-refractivity contribution is 5.09. The van der Waals surface area contributed by atoms with E-state index in [4.69, 9.17) is 0 Å². The average molecular weight is 219 g/mol. The van der Waals surface area contributed by atoms with Crippen molar-refractivity contribution < 1.29 is 0 Å². The number of hydrogen-bond acceptors (Lipinski definition) is 3. The van der Waals surface area contributed by atoms with Gasteiger partial charge in [0.15, 0.2) is 0 Å². The second-order valence-corrected chi connectivity index (χ2v) is 4.06. The Kier molecular flexibility index (Phi) is 5.75. The first kappa shape index (κ1) is 12.9. The van der Waals surface area contributed by atoms with E-state index >= 15 is 0 Å². The third-order valence-electron chi connectivity index (χ3n) is 2.29. The Morgan fingerprint density at radius 3 is 3.00 bits per heavy atom. The maximum absolute atomic E-state index is 4.11. The molecule has 0 aliphatic carbocycles. The van der Waals surface area contributed by atoms with Crippen molar-refractivity contribution in [3.63, 3.8) is 0 Å². The van der Waals surface area contributed by atoms with E-state index in [1.165, 1.54) is 11.1 Å². The van der Waals surface area contributed by atoms with E-state index < -0.39 is 0 Å². The first-order valence-corrected chi connectivity index (χ1v) is 5.67. The molecule has 0 atom stereocenters. The molecule has 1 rings (SSSR count). The molecule has 3 heteroatoms. The van der Waals surface area contributed by atoms with Crippen molar-refractivity contribution in [2.75, 3.05) is 26.7 Å². The molecule has 1 aromatic rings. The van der Waals surface area contributed by atoms with Crippen LogP contribution in [0.5, 0.6) is 0 Å². The molecule has 0 radical (unpaired) electrons. The lowest BCUT2D eigenvalue weighted by Gasteiger charge is -2.18. The number of hydrogen-bond donors (Lipinski definition) is 1. The van der Waals surface area contributed by atoms with E-state index in [0.29, 0.717) is 0 Å². The molecule has 0 amide bonds. The number of rotatable bonds is 7. The van der Waals surface area contributed by atoms with Crippen molar-refractivity contribution >= 4 is 0 Å². The standard InChI is InChI=1S/C13H21N3/c1-4-14-8-12(2)10-16(3)11-13-6-5-7-15-9-13/h5-7,9,14H,2,4,8,10-11H2,1,3H3. The number of aromatic nitrogens is 1. The summed E-state index contributed by atoms with van der Waals surface area (Å²) >= 11 is 0. The molecular formula is C13H21N3. The Balaban J connectivity index is 2.30. The number of likely N-dealkylation sites (N-methyl/N-ethyl adjacent to an activating group) is 2. The molecule has 3 nitrogen and oxygen atoms in total. The van der Waals surface area contributed by atoms with Gasteiger partial charge in [0.1, 0.15) is 0 Å². The summed E-state index contributed by atoms with van der Waals surface area (Å²) in [5, 5.41) is 3.28. The minimum Gasteiger partial charge on any atom is -0.313 e. The van der Waals surface area contributed by atoms with Crippen LogP contribution in [0.3, 0.4) is 0 Å². The van der Waals surface area contributed by atoms with Crippen LogP contribution in [0, 0.1) is 0 Å². The molecule has 0 aromatic carbocycles. The van der Waals surface area contributed by atoms with Crippen LogP contribution in [0.4, 0.5) is 0 Å². The van der Waals surface area contributed by atoms with Crippen LogP contribution in [0.15, 0.2) is 36.7 Å². The zero-order valence-electron chi connectivity index (χ0n) is 10.2. The highest BCUT2D eigenvalue weighted by Crippen LogP contribution is 2.02. The normalized spacial score (nSPS) is 10.7. The van der Waals surface area contributed by atoms with Crippen molar-refractivity contribution in [3.05, 3.63) is 42.2 Å². The van der Waals surface area contributed by atoms with Crippen LogP contribution in [-0.2, 0) is 6.54 Å². The van der Waals surface area contributed by atoms with Gasteiger partial charge in [0.2, 0.25) is 0 Å². The number of pyridine rings is 1. The maximum Gasteiger partial charge on any atom is 0.0312 e. The zero-order chi connectivity index (χ0) is 11.8. The van der Waals surface area contributed by atoms with Crippen LogP contribution in [0.1, 0.15) is 12.5 Å². The van der Waals surface area contributed by atoms with Crippen LogP contribution >= 0.6 is 0 Å². The molecule has 0 bridgehead atoms. The average Bonchev–Trinajstić information content (AvgIpc) is 2.27. The van der Waals surface area contributed by atoms with Crippen molar-refractivity contribution in [1.82, 2.24) is 15.2 Å². The van der Waals surface area contributed by atoms with Gasteiger partial charge in [-0.25, -0.2) is 0 Å². The minimum absolute atomic E-state index is 0.897. The summed E-state index contributed by atoms with van der Waals surface area (Å²) < 4.78 is 0. The van der Waals surface area contributed by atoms with Crippen molar-refractivity contribution in [2.45, 2.75) is 13.5 Å². The molecule has 1 heterocycles. The van der Waals surface area contributed by atoms with Gasteiger partial charge < -0.3 is 5.32 Å². The fourth-order valence-electron chi connectivity index (χ4n) is 1.60. The molecule has 1 aromatic heterocycles. The SMILES string of the molecule is C=C(CNCC)CN(C)Cc1cccnc1. The van der Waals surface area contributed by atoms with Gasteiger partial charge in [0.05, 0.1) is 0 Å². The van der Waals surface area contributed by atoms with Gasteiger partial charge in [-0.05, 0) is 30.8 Å². The Morgan fingerprint density at radius 2 is 2.38 bits per heavy atom. The van der Waals surface area contributed by atoms with Crippen molar-refractivity contribution in [3.8, 4) is 0 Å². The van der Waals surface area contributed by atoms with E-state index in [9.17, 15) is 0 Å². The summed E-state index contributed by atoms with van der Waals surface area (Å²) in [6, 6.07) is 4.06. The molecule has 0 aliphatic heterocycles. The zero-order valence-corrected chi connectivity index (χ0v) is 10.2. The molecule has 0 saturated heterocycles. The lowest BCUT2D eigenvalue weighted by atomic mass is 10.2. The predicted octanol–water partition coefficient (Wildman–Crippen LogP) is 1.68. The van der Waals surface area contributed by atoms with Gasteiger partial charge in [0.25, 0.3) is 0 Å². The summed E-state index contributed by atoms with van der Waals surface area (Å²) in [5.74, 6) is 0. The van der Waals surface area contributed by atoms with Gasteiger partial charge in [-0.15, -0.1) is 0 Å². The minimum atomic E-state index is 0.897. The summed E-state index contributed by atoms with van der Waals surface area (Å²) in [5.41, 5.74) is 2.45. The lowest BCUT2D eigenvalue weighted by Crippen LogP contribution is -2.25. The monoisotopic (exact) mass is 219 g/mol. The second-order valence-electron chi connectivity index (χ2n) is 4.06. The summed E-state index contributed by atoms with van der Waals surface area (Å²) in [6.07, 6.45) is 3.71. The molecule has 16 heavy (non-hydrogen) atoms. The molecule has 0 fully saturated rings. The molecule has 0 saturated carbocycles. The van der Waals surface area contributed by atoms with Crippen LogP contribution < -0.4 is 5.32 Å². The highest BCUT2D eigenvalue weighted by Gasteiger charge is 2.02. The van der Waals surface area contributed by atoms with Gasteiger partial charge in [-0.1, -0.05) is 19.6 Å². The Bertz CT molecular complexity index is 308. The summed E-state index contributed by atoms with van der Waals surface area (Å²) in [7, 11) is 2.10. The van der Waals surface area contributed by atoms with Gasteiger partial charge in [-0.3, -0.25) is 9.88 Å². The van der Waals surface area contributed by atoms with Crippen molar-refractivity contribution in [2.24, 2.45) is 0 Å². The topological polar surface area (TPSA) is 28.2 Å². The van der Waals surface area contributed by atoms with E-state index in [1.807, 2.05) is 12.3 Å². The largest absolute Gasteiger partial charge is 0.313 e. The van der Waals surface area contributed by atoms with Crippen LogP contribution in [0.2, 0.25) is 0 Å². The summed E-state index contributed by atoms with van der Waals surface area (Å²) in [4.78, 5) is 6.35. The Labute approximate surface area is 98.2 Å². The molecule has 0 aliphatic rings. The quantitative estimate of drug-likeness (QED) is 0.707. The molecule has 1 N–H and O–H groups in total. The predicted molar refractivity (Wildman–Crippen MR) is 68.3 cm³/mol. The van der Waals surface area contributed by atoms with Gasteiger partial charge >= 0.3 is 0 Å². The third-order valence-corrected chi connectivity index (χ3v) is 2.29. The van der Waals surface area contributed by atoms with E-state index in [-0.39, 0.29) is 0 Å². The molecule has 0 unspecified atom stereocenters.